The van der Waals surface area contributed by atoms with E-state index in [1.807, 2.05) is 6.07 Å². The molecule has 0 saturated heterocycles. The van der Waals surface area contributed by atoms with E-state index in [0.717, 1.165) is 5.69 Å². The van der Waals surface area contributed by atoms with E-state index in [0.29, 0.717) is 29.0 Å². The van der Waals surface area contributed by atoms with Gasteiger partial charge in [0.15, 0.2) is 6.61 Å². The quantitative estimate of drug-likeness (QED) is 0.876. The van der Waals surface area contributed by atoms with Crippen molar-refractivity contribution in [3.05, 3.63) is 17.2 Å². The SMILES string of the molecule is COCC(Nc1cc2c(cc1Cl)NC(=O)CO2)C1CC1. The lowest BCUT2D eigenvalue weighted by molar-refractivity contribution is -0.118. The van der Waals surface area contributed by atoms with Gasteiger partial charge in [0.25, 0.3) is 5.91 Å². The van der Waals surface area contributed by atoms with Crippen LogP contribution in [0, 0.1) is 5.92 Å². The smallest absolute Gasteiger partial charge is 0.262 e. The number of nitrogens with one attached hydrogen (secondary N) is 2. The molecule has 1 saturated carbocycles. The first-order valence-electron chi connectivity index (χ1n) is 6.69. The number of benzene rings is 1. The summed E-state index contributed by atoms with van der Waals surface area (Å²) >= 11 is 6.27. The highest BCUT2D eigenvalue weighted by atomic mass is 35.5. The van der Waals surface area contributed by atoms with Crippen LogP contribution < -0.4 is 15.4 Å². The van der Waals surface area contributed by atoms with Gasteiger partial charge in [-0.1, -0.05) is 11.6 Å². The Morgan fingerprint density at radius 2 is 2.35 bits per heavy atom. The molecule has 5 nitrogen and oxygen atoms in total. The van der Waals surface area contributed by atoms with Crippen LogP contribution in [0.3, 0.4) is 0 Å². The van der Waals surface area contributed by atoms with E-state index in [1.165, 1.54) is 12.8 Å². The van der Waals surface area contributed by atoms with Crippen molar-refractivity contribution in [2.24, 2.45) is 5.92 Å². The fraction of sp³-hybridized carbons (Fsp3) is 0.500. The van der Waals surface area contributed by atoms with Gasteiger partial charge in [0.1, 0.15) is 5.75 Å². The van der Waals surface area contributed by atoms with Crippen LogP contribution in [0.25, 0.3) is 0 Å². The van der Waals surface area contributed by atoms with Gasteiger partial charge in [-0.25, -0.2) is 0 Å². The molecule has 1 fully saturated rings. The second kappa shape index (κ2) is 5.50. The summed E-state index contributed by atoms with van der Waals surface area (Å²) in [5.74, 6) is 1.12. The van der Waals surface area contributed by atoms with Crippen molar-refractivity contribution in [1.82, 2.24) is 0 Å². The summed E-state index contributed by atoms with van der Waals surface area (Å²) in [5, 5.41) is 6.73. The Kier molecular flexibility index (Phi) is 3.72. The second-order valence-corrected chi connectivity index (χ2v) is 5.62. The van der Waals surface area contributed by atoms with Crippen LogP contribution >= 0.6 is 11.6 Å². The van der Waals surface area contributed by atoms with Crippen molar-refractivity contribution in [3.8, 4) is 5.75 Å². The van der Waals surface area contributed by atoms with Crippen molar-refractivity contribution >= 4 is 28.9 Å². The van der Waals surface area contributed by atoms with Crippen molar-refractivity contribution in [1.29, 1.82) is 0 Å². The fourth-order valence-electron chi connectivity index (χ4n) is 2.38. The Balaban J connectivity index is 1.80. The van der Waals surface area contributed by atoms with Gasteiger partial charge in [-0.3, -0.25) is 4.79 Å². The Morgan fingerprint density at radius 1 is 1.55 bits per heavy atom. The Morgan fingerprint density at radius 3 is 3.05 bits per heavy atom. The number of fused-ring (bicyclic) bond motifs is 1. The minimum atomic E-state index is -0.162. The van der Waals surface area contributed by atoms with Crippen LogP contribution in [0.4, 0.5) is 11.4 Å². The zero-order valence-corrected chi connectivity index (χ0v) is 12.0. The number of rotatable bonds is 5. The predicted molar refractivity (Wildman–Crippen MR) is 77.6 cm³/mol. The molecule has 1 unspecified atom stereocenters. The highest BCUT2D eigenvalue weighted by Crippen LogP contribution is 2.39. The number of hydrogen-bond donors (Lipinski definition) is 2. The summed E-state index contributed by atoms with van der Waals surface area (Å²) < 4.78 is 10.7. The van der Waals surface area contributed by atoms with Gasteiger partial charge in [-0.15, -0.1) is 0 Å². The largest absolute Gasteiger partial charge is 0.482 e. The Hall–Kier alpha value is -1.46. The molecule has 2 N–H and O–H groups in total. The van der Waals surface area contributed by atoms with Gasteiger partial charge < -0.3 is 20.1 Å². The maximum absolute atomic E-state index is 11.3. The van der Waals surface area contributed by atoms with E-state index in [9.17, 15) is 4.79 Å². The van der Waals surface area contributed by atoms with Crippen LogP contribution in [0.2, 0.25) is 5.02 Å². The van der Waals surface area contributed by atoms with Crippen molar-refractivity contribution < 1.29 is 14.3 Å². The maximum atomic E-state index is 11.3. The summed E-state index contributed by atoms with van der Waals surface area (Å²) in [5.41, 5.74) is 1.43. The summed E-state index contributed by atoms with van der Waals surface area (Å²) in [4.78, 5) is 11.3. The van der Waals surface area contributed by atoms with Crippen molar-refractivity contribution in [3.63, 3.8) is 0 Å². The van der Waals surface area contributed by atoms with Crippen LogP contribution in [-0.2, 0) is 9.53 Å². The highest BCUT2D eigenvalue weighted by molar-refractivity contribution is 6.33. The first-order chi connectivity index (χ1) is 9.67. The molecule has 1 aromatic carbocycles. The molecule has 0 spiro atoms. The number of ether oxygens (including phenoxy) is 2. The summed E-state index contributed by atoms with van der Waals surface area (Å²) in [6.07, 6.45) is 2.44. The number of amides is 1. The zero-order chi connectivity index (χ0) is 14.1. The maximum Gasteiger partial charge on any atom is 0.262 e. The third-order valence-electron chi connectivity index (χ3n) is 3.58. The number of carbonyl (C=O) groups excluding carboxylic acids is 1. The van der Waals surface area contributed by atoms with Crippen LogP contribution in [0.1, 0.15) is 12.8 Å². The lowest BCUT2D eigenvalue weighted by Crippen LogP contribution is -2.28. The van der Waals surface area contributed by atoms with Gasteiger partial charge in [0.2, 0.25) is 0 Å². The molecule has 1 aliphatic heterocycles. The minimum absolute atomic E-state index is 0.0399. The number of carbonyl (C=O) groups is 1. The summed E-state index contributed by atoms with van der Waals surface area (Å²) in [6, 6.07) is 3.81. The first kappa shape index (κ1) is 13.5. The molecule has 108 valence electrons. The van der Waals surface area contributed by atoms with Gasteiger partial charge in [-0.2, -0.15) is 0 Å². The lowest BCUT2D eigenvalue weighted by Gasteiger charge is -2.23. The van der Waals surface area contributed by atoms with Crippen molar-refractivity contribution in [2.45, 2.75) is 18.9 Å². The molecule has 1 aliphatic carbocycles. The average molecular weight is 297 g/mol. The van der Waals surface area contributed by atoms with E-state index >= 15 is 0 Å². The molecule has 1 aromatic rings. The Labute approximate surface area is 122 Å². The van der Waals surface area contributed by atoms with Gasteiger partial charge in [-0.05, 0) is 24.8 Å². The topological polar surface area (TPSA) is 59.6 Å². The number of anilines is 2. The molecule has 1 atom stereocenters. The zero-order valence-electron chi connectivity index (χ0n) is 11.2. The first-order valence-corrected chi connectivity index (χ1v) is 7.07. The van der Waals surface area contributed by atoms with E-state index in [4.69, 9.17) is 21.1 Å². The van der Waals surface area contributed by atoms with E-state index in [1.54, 1.807) is 13.2 Å². The molecule has 6 heteroatoms. The normalized spacial score (nSPS) is 18.8. The van der Waals surface area contributed by atoms with E-state index < -0.39 is 0 Å². The molecule has 3 rings (SSSR count). The second-order valence-electron chi connectivity index (χ2n) is 5.21. The molecule has 20 heavy (non-hydrogen) atoms. The molecule has 0 bridgehead atoms. The van der Waals surface area contributed by atoms with Gasteiger partial charge in [0, 0.05) is 13.2 Å². The molecule has 2 aliphatic rings. The molecule has 1 amide bonds. The predicted octanol–water partition coefficient (Wildman–Crippen LogP) is 2.51. The average Bonchev–Trinajstić information content (AvgIpc) is 3.23. The van der Waals surface area contributed by atoms with Gasteiger partial charge in [0.05, 0.1) is 29.0 Å². The monoisotopic (exact) mass is 296 g/mol. The molecular formula is C14H17ClN2O3. The summed E-state index contributed by atoms with van der Waals surface area (Å²) in [6.45, 7) is 0.688. The van der Waals surface area contributed by atoms with Crippen molar-refractivity contribution in [2.75, 3.05) is 31.0 Å². The molecule has 1 heterocycles. The third kappa shape index (κ3) is 2.83. The summed E-state index contributed by atoms with van der Waals surface area (Å²) in [7, 11) is 1.70. The number of methoxy groups -OCH3 is 1. The van der Waals surface area contributed by atoms with Crippen LogP contribution in [0.5, 0.6) is 5.75 Å². The van der Waals surface area contributed by atoms with E-state index in [-0.39, 0.29) is 18.6 Å². The van der Waals surface area contributed by atoms with E-state index in [2.05, 4.69) is 10.6 Å². The highest BCUT2D eigenvalue weighted by Gasteiger charge is 2.31. The Bertz CT molecular complexity index is 531. The molecular weight excluding hydrogens is 280 g/mol. The number of halogens is 1. The molecule has 0 aromatic heterocycles. The third-order valence-corrected chi connectivity index (χ3v) is 3.89. The minimum Gasteiger partial charge on any atom is -0.482 e. The standard InChI is InChI=1S/C14H17ClN2O3/c1-19-6-12(8-2-3-8)16-10-5-13-11(4-9(10)15)17-14(18)7-20-13/h4-5,8,12,16H,2-3,6-7H2,1H3,(H,17,18). The lowest BCUT2D eigenvalue weighted by atomic mass is 10.1. The van der Waals surface area contributed by atoms with Crippen LogP contribution in [0.15, 0.2) is 12.1 Å². The number of hydrogen-bond acceptors (Lipinski definition) is 4. The van der Waals surface area contributed by atoms with Gasteiger partial charge >= 0.3 is 0 Å². The molecule has 0 radical (unpaired) electrons. The fourth-order valence-corrected chi connectivity index (χ4v) is 2.60. The van der Waals surface area contributed by atoms with Crippen LogP contribution in [-0.4, -0.2) is 32.3 Å².